The summed E-state index contributed by atoms with van der Waals surface area (Å²) in [6.07, 6.45) is 0. The number of ether oxygens (including phenoxy) is 1. The van der Waals surface area contributed by atoms with E-state index in [-0.39, 0.29) is 17.9 Å². The van der Waals surface area contributed by atoms with Crippen molar-refractivity contribution in [2.24, 2.45) is 0 Å². The lowest BCUT2D eigenvalue weighted by molar-refractivity contribution is 0.0529. The number of hydrogen-bond donors (Lipinski definition) is 1. The van der Waals surface area contributed by atoms with Crippen molar-refractivity contribution in [3.05, 3.63) is 76.7 Å². The largest absolute Gasteiger partial charge is 0.462 e. The minimum Gasteiger partial charge on any atom is -0.462 e. The van der Waals surface area contributed by atoms with Gasteiger partial charge in [0.15, 0.2) is 0 Å². The summed E-state index contributed by atoms with van der Waals surface area (Å²) in [6.45, 7) is 8.42. The van der Waals surface area contributed by atoms with Crippen LogP contribution in [0.3, 0.4) is 0 Å². The highest BCUT2D eigenvalue weighted by molar-refractivity contribution is 7.15. The van der Waals surface area contributed by atoms with E-state index in [0.29, 0.717) is 16.1 Å². The molecule has 3 rings (SSSR count). The van der Waals surface area contributed by atoms with Gasteiger partial charge in [0.2, 0.25) is 0 Å². The fourth-order valence-electron chi connectivity index (χ4n) is 2.98. The maximum atomic E-state index is 12.8. The van der Waals surface area contributed by atoms with Crippen molar-refractivity contribution in [3.63, 3.8) is 0 Å². The monoisotopic (exact) mass is 407 g/mol. The van der Waals surface area contributed by atoms with Gasteiger partial charge in [-0.15, -0.1) is 11.3 Å². The Morgan fingerprint density at radius 3 is 2.24 bits per heavy atom. The molecule has 0 atom stereocenters. The van der Waals surface area contributed by atoms with E-state index in [1.54, 1.807) is 6.92 Å². The molecule has 1 heterocycles. The number of carbonyl (C=O) groups is 2. The first-order valence-corrected chi connectivity index (χ1v) is 10.4. The highest BCUT2D eigenvalue weighted by atomic mass is 32.1. The van der Waals surface area contributed by atoms with Gasteiger partial charge in [0.1, 0.15) is 10.6 Å². The molecule has 5 heteroatoms. The molecular formula is C24H25NO3S. The maximum Gasteiger partial charge on any atom is 0.341 e. The highest BCUT2D eigenvalue weighted by Gasteiger charge is 2.23. The van der Waals surface area contributed by atoms with Crippen LogP contribution in [0.2, 0.25) is 0 Å². The van der Waals surface area contributed by atoms with Gasteiger partial charge in [0.25, 0.3) is 5.91 Å². The number of benzene rings is 2. The second-order valence-electron chi connectivity index (χ2n) is 7.72. The minimum atomic E-state index is -0.439. The third kappa shape index (κ3) is 4.74. The van der Waals surface area contributed by atoms with Gasteiger partial charge < -0.3 is 10.1 Å². The summed E-state index contributed by atoms with van der Waals surface area (Å²) >= 11 is 1.32. The zero-order valence-corrected chi connectivity index (χ0v) is 17.9. The van der Waals surface area contributed by atoms with Crippen molar-refractivity contribution in [1.82, 2.24) is 0 Å². The molecule has 1 aromatic heterocycles. The zero-order valence-electron chi connectivity index (χ0n) is 17.1. The Hall–Kier alpha value is -2.92. The van der Waals surface area contributed by atoms with E-state index in [0.717, 1.165) is 16.7 Å². The summed E-state index contributed by atoms with van der Waals surface area (Å²) in [5.41, 5.74) is 3.77. The molecule has 29 heavy (non-hydrogen) atoms. The average molecular weight is 408 g/mol. The summed E-state index contributed by atoms with van der Waals surface area (Å²) in [4.78, 5) is 25.4. The van der Waals surface area contributed by atoms with Crippen molar-refractivity contribution in [3.8, 4) is 11.1 Å². The molecule has 0 saturated carbocycles. The second-order valence-corrected chi connectivity index (χ2v) is 8.60. The van der Waals surface area contributed by atoms with Gasteiger partial charge in [-0.3, -0.25) is 4.79 Å². The van der Waals surface area contributed by atoms with Crippen LogP contribution in [0.25, 0.3) is 11.1 Å². The summed E-state index contributed by atoms with van der Waals surface area (Å²) < 4.78 is 5.25. The lowest BCUT2D eigenvalue weighted by atomic mass is 9.87. The Balaban J connectivity index is 1.91. The summed E-state index contributed by atoms with van der Waals surface area (Å²) in [5, 5.41) is 5.26. The highest BCUT2D eigenvalue weighted by Crippen LogP contribution is 2.36. The molecule has 1 N–H and O–H groups in total. The Kier molecular flexibility index (Phi) is 6.18. The number of rotatable bonds is 5. The van der Waals surface area contributed by atoms with Crippen molar-refractivity contribution in [2.45, 2.75) is 33.1 Å². The van der Waals surface area contributed by atoms with Crippen molar-refractivity contribution >= 4 is 28.2 Å². The van der Waals surface area contributed by atoms with Gasteiger partial charge >= 0.3 is 5.97 Å². The van der Waals surface area contributed by atoms with E-state index in [9.17, 15) is 9.59 Å². The molecule has 0 radical (unpaired) electrons. The van der Waals surface area contributed by atoms with E-state index in [1.807, 2.05) is 60.0 Å². The molecule has 1 amide bonds. The third-order valence-corrected chi connectivity index (χ3v) is 5.49. The molecule has 0 bridgehead atoms. The Morgan fingerprint density at radius 1 is 1.00 bits per heavy atom. The maximum absolute atomic E-state index is 12.8. The first kappa shape index (κ1) is 20.8. The van der Waals surface area contributed by atoms with Crippen LogP contribution in [0.1, 0.15) is 54.0 Å². The average Bonchev–Trinajstić information content (AvgIpc) is 3.12. The van der Waals surface area contributed by atoms with E-state index >= 15 is 0 Å². The number of hydrogen-bond acceptors (Lipinski definition) is 4. The summed E-state index contributed by atoms with van der Waals surface area (Å²) in [6, 6.07) is 17.2. The van der Waals surface area contributed by atoms with Crippen LogP contribution in [-0.2, 0) is 10.2 Å². The van der Waals surface area contributed by atoms with Gasteiger partial charge in [0, 0.05) is 16.5 Å². The van der Waals surface area contributed by atoms with Crippen LogP contribution in [0.5, 0.6) is 0 Å². The molecule has 2 aromatic carbocycles. The number of nitrogens with one attached hydrogen (secondary N) is 1. The molecule has 0 aliphatic carbocycles. The van der Waals surface area contributed by atoms with Crippen LogP contribution in [-0.4, -0.2) is 18.5 Å². The quantitative estimate of drug-likeness (QED) is 0.517. The molecule has 0 aliphatic heterocycles. The zero-order chi connectivity index (χ0) is 21.0. The van der Waals surface area contributed by atoms with Crippen LogP contribution < -0.4 is 5.32 Å². The number of esters is 1. The van der Waals surface area contributed by atoms with Gasteiger partial charge in [-0.2, -0.15) is 0 Å². The van der Waals surface area contributed by atoms with Crippen LogP contribution in [0.4, 0.5) is 5.00 Å². The molecule has 0 fully saturated rings. The Labute approximate surface area is 175 Å². The topological polar surface area (TPSA) is 55.4 Å². The fourth-order valence-corrected chi connectivity index (χ4v) is 3.94. The molecule has 4 nitrogen and oxygen atoms in total. The number of thiophene rings is 1. The van der Waals surface area contributed by atoms with Crippen LogP contribution in [0, 0.1) is 0 Å². The molecule has 3 aromatic rings. The minimum absolute atomic E-state index is 0.0183. The molecule has 0 spiro atoms. The lowest BCUT2D eigenvalue weighted by Crippen LogP contribution is -2.16. The van der Waals surface area contributed by atoms with Crippen molar-refractivity contribution in [1.29, 1.82) is 0 Å². The smallest absolute Gasteiger partial charge is 0.341 e. The van der Waals surface area contributed by atoms with E-state index in [4.69, 9.17) is 4.74 Å². The molecule has 0 aliphatic rings. The molecule has 150 valence electrons. The van der Waals surface area contributed by atoms with E-state index in [2.05, 4.69) is 26.1 Å². The fraction of sp³-hybridized carbons (Fsp3) is 0.250. The Bertz CT molecular complexity index is 999. The van der Waals surface area contributed by atoms with E-state index in [1.165, 1.54) is 11.3 Å². The standard InChI is InChI=1S/C24H25NO3S/c1-5-28-23(27)20-19(16-9-7-6-8-10-16)15-29-22(20)25-21(26)17-11-13-18(14-12-17)24(2,3)4/h6-15H,5H2,1-4H3,(H,25,26). The molecular weight excluding hydrogens is 382 g/mol. The lowest BCUT2D eigenvalue weighted by Gasteiger charge is -2.19. The van der Waals surface area contributed by atoms with Crippen LogP contribution in [0.15, 0.2) is 60.0 Å². The normalized spacial score (nSPS) is 11.2. The number of amides is 1. The third-order valence-electron chi connectivity index (χ3n) is 4.60. The van der Waals surface area contributed by atoms with Gasteiger partial charge in [-0.1, -0.05) is 63.2 Å². The number of anilines is 1. The van der Waals surface area contributed by atoms with Gasteiger partial charge in [0.05, 0.1) is 6.61 Å². The van der Waals surface area contributed by atoms with Crippen LogP contribution >= 0.6 is 11.3 Å². The van der Waals surface area contributed by atoms with Gasteiger partial charge in [-0.05, 0) is 35.6 Å². The van der Waals surface area contributed by atoms with Crippen molar-refractivity contribution < 1.29 is 14.3 Å². The predicted octanol–water partition coefficient (Wildman–Crippen LogP) is 6.14. The molecule has 0 unspecified atom stereocenters. The number of carbonyl (C=O) groups excluding carboxylic acids is 2. The summed E-state index contributed by atoms with van der Waals surface area (Å²) in [7, 11) is 0. The molecule has 0 saturated heterocycles. The van der Waals surface area contributed by atoms with Crippen molar-refractivity contribution in [2.75, 3.05) is 11.9 Å². The predicted molar refractivity (Wildman–Crippen MR) is 119 cm³/mol. The second kappa shape index (κ2) is 8.62. The summed E-state index contributed by atoms with van der Waals surface area (Å²) in [5.74, 6) is -0.691. The van der Waals surface area contributed by atoms with E-state index < -0.39 is 5.97 Å². The van der Waals surface area contributed by atoms with Gasteiger partial charge in [-0.25, -0.2) is 4.79 Å². The Morgan fingerprint density at radius 2 is 1.66 bits per heavy atom. The SMILES string of the molecule is CCOC(=O)c1c(-c2ccccc2)csc1NC(=O)c1ccc(C(C)(C)C)cc1. The first-order valence-electron chi connectivity index (χ1n) is 9.57. The first-order chi connectivity index (χ1) is 13.8.